The van der Waals surface area contributed by atoms with Crippen LogP contribution in [0.15, 0.2) is 12.4 Å². The van der Waals surface area contributed by atoms with Crippen LogP contribution < -0.4 is 5.32 Å². The van der Waals surface area contributed by atoms with Crippen LogP contribution >= 0.6 is 0 Å². The van der Waals surface area contributed by atoms with E-state index in [-0.39, 0.29) is 0 Å². The van der Waals surface area contributed by atoms with Crippen molar-refractivity contribution in [2.45, 2.75) is 39.2 Å². The largest absolute Gasteiger partial charge is 0.314 e. The van der Waals surface area contributed by atoms with Crippen LogP contribution in [0.3, 0.4) is 0 Å². The van der Waals surface area contributed by atoms with Gasteiger partial charge < -0.3 is 5.32 Å². The molecule has 0 bridgehead atoms. The van der Waals surface area contributed by atoms with E-state index >= 15 is 0 Å². The number of likely N-dealkylation sites (N-methyl/N-ethyl adjacent to an activating group) is 1. The van der Waals surface area contributed by atoms with Gasteiger partial charge in [0.2, 0.25) is 0 Å². The van der Waals surface area contributed by atoms with Crippen molar-refractivity contribution in [2.75, 3.05) is 6.54 Å². The molecule has 15 heavy (non-hydrogen) atoms. The van der Waals surface area contributed by atoms with Crippen molar-refractivity contribution in [1.29, 1.82) is 0 Å². The Morgan fingerprint density at radius 2 is 2.27 bits per heavy atom. The van der Waals surface area contributed by atoms with Crippen molar-refractivity contribution < 1.29 is 0 Å². The lowest BCUT2D eigenvalue weighted by molar-refractivity contribution is 0.468. The molecule has 1 saturated carbocycles. The highest BCUT2D eigenvalue weighted by atomic mass is 14.9. The van der Waals surface area contributed by atoms with Crippen LogP contribution in [0.5, 0.6) is 0 Å². The first-order chi connectivity index (χ1) is 7.29. The number of aromatic nitrogens is 2. The number of rotatable bonds is 5. The second-order valence-corrected chi connectivity index (χ2v) is 4.36. The van der Waals surface area contributed by atoms with Crippen molar-refractivity contribution >= 4 is 0 Å². The fraction of sp³-hybridized carbons (Fsp3) is 0.667. The van der Waals surface area contributed by atoms with Gasteiger partial charge in [-0.1, -0.05) is 6.92 Å². The molecule has 1 aliphatic carbocycles. The van der Waals surface area contributed by atoms with Gasteiger partial charge >= 0.3 is 0 Å². The normalized spacial score (nSPS) is 17.7. The van der Waals surface area contributed by atoms with E-state index in [0.717, 1.165) is 24.6 Å². The molecule has 1 aromatic heterocycles. The third-order valence-electron chi connectivity index (χ3n) is 2.95. The summed E-state index contributed by atoms with van der Waals surface area (Å²) in [6, 6.07) is 2.71. The number of hydrogen-bond donors (Lipinski definition) is 1. The molecular formula is C12H19N3. The Balaban J connectivity index is 1.98. The van der Waals surface area contributed by atoms with E-state index in [2.05, 4.69) is 28.3 Å². The first-order valence-corrected chi connectivity index (χ1v) is 5.80. The van der Waals surface area contributed by atoms with Gasteiger partial charge in [0.25, 0.3) is 0 Å². The molecule has 2 rings (SSSR count). The van der Waals surface area contributed by atoms with Gasteiger partial charge in [0, 0.05) is 23.9 Å². The zero-order chi connectivity index (χ0) is 10.7. The van der Waals surface area contributed by atoms with Crippen LogP contribution in [0.25, 0.3) is 0 Å². The van der Waals surface area contributed by atoms with Crippen LogP contribution in [-0.4, -0.2) is 22.6 Å². The van der Waals surface area contributed by atoms with Gasteiger partial charge in [0.15, 0.2) is 0 Å². The Morgan fingerprint density at radius 3 is 2.87 bits per heavy atom. The lowest BCUT2D eigenvalue weighted by atomic mass is 10.1. The van der Waals surface area contributed by atoms with Crippen LogP contribution in [0.2, 0.25) is 0 Å². The number of hydrogen-bond acceptors (Lipinski definition) is 3. The van der Waals surface area contributed by atoms with E-state index in [0.29, 0.717) is 6.04 Å². The minimum Gasteiger partial charge on any atom is -0.314 e. The number of aryl methyl sites for hydroxylation is 1. The second-order valence-electron chi connectivity index (χ2n) is 4.36. The lowest BCUT2D eigenvalue weighted by Crippen LogP contribution is -2.33. The van der Waals surface area contributed by atoms with Crippen LogP contribution in [0.4, 0.5) is 0 Å². The predicted molar refractivity (Wildman–Crippen MR) is 60.7 cm³/mol. The van der Waals surface area contributed by atoms with Crippen molar-refractivity contribution in [1.82, 2.24) is 15.3 Å². The van der Waals surface area contributed by atoms with Gasteiger partial charge in [-0.3, -0.25) is 0 Å². The Labute approximate surface area is 91.3 Å². The summed E-state index contributed by atoms with van der Waals surface area (Å²) in [7, 11) is 0. The van der Waals surface area contributed by atoms with Crippen molar-refractivity contribution in [3.63, 3.8) is 0 Å². The van der Waals surface area contributed by atoms with Crippen molar-refractivity contribution in [3.8, 4) is 0 Å². The Morgan fingerprint density at radius 1 is 1.47 bits per heavy atom. The molecule has 3 nitrogen and oxygen atoms in total. The summed E-state index contributed by atoms with van der Waals surface area (Å²) in [5, 5.41) is 3.55. The van der Waals surface area contributed by atoms with E-state index in [1.165, 1.54) is 18.5 Å². The zero-order valence-electron chi connectivity index (χ0n) is 9.53. The molecule has 0 aliphatic heterocycles. The first kappa shape index (κ1) is 10.6. The third-order valence-corrected chi connectivity index (χ3v) is 2.95. The lowest BCUT2D eigenvalue weighted by Gasteiger charge is -2.16. The van der Waals surface area contributed by atoms with Gasteiger partial charge in [-0.15, -0.1) is 0 Å². The molecule has 0 amide bonds. The summed E-state index contributed by atoms with van der Waals surface area (Å²) >= 11 is 0. The summed E-state index contributed by atoms with van der Waals surface area (Å²) in [6.45, 7) is 5.23. The molecule has 1 heterocycles. The predicted octanol–water partition coefficient (Wildman–Crippen LogP) is 1.72. The minimum atomic E-state index is 0.615. The van der Waals surface area contributed by atoms with Crippen LogP contribution in [-0.2, 0) is 6.42 Å². The van der Waals surface area contributed by atoms with Crippen LogP contribution in [0.1, 0.15) is 31.2 Å². The molecule has 0 saturated heterocycles. The number of nitrogens with zero attached hydrogens (tertiary/aromatic N) is 2. The molecule has 1 N–H and O–H groups in total. The number of nitrogens with one attached hydrogen (secondary N) is 1. The molecular weight excluding hydrogens is 186 g/mol. The molecule has 0 aromatic carbocycles. The standard InChI is InChI=1S/C12H19N3/c1-3-13-12(10-4-5-10)7-11-6-9(2)14-8-15-11/h6,8,10,12-13H,3-5,7H2,1-2H3. The second kappa shape index (κ2) is 4.71. The summed E-state index contributed by atoms with van der Waals surface area (Å²) < 4.78 is 0. The Hall–Kier alpha value is -0.960. The molecule has 0 spiro atoms. The maximum atomic E-state index is 4.32. The Bertz CT molecular complexity index is 320. The topological polar surface area (TPSA) is 37.8 Å². The fourth-order valence-corrected chi connectivity index (χ4v) is 2.01. The highest BCUT2D eigenvalue weighted by Crippen LogP contribution is 2.33. The third kappa shape index (κ3) is 2.99. The van der Waals surface area contributed by atoms with E-state index in [9.17, 15) is 0 Å². The molecule has 1 unspecified atom stereocenters. The average Bonchev–Trinajstić information content (AvgIpc) is 3.00. The van der Waals surface area contributed by atoms with E-state index in [1.54, 1.807) is 6.33 Å². The monoisotopic (exact) mass is 205 g/mol. The van der Waals surface area contributed by atoms with Crippen LogP contribution in [0, 0.1) is 12.8 Å². The average molecular weight is 205 g/mol. The molecule has 1 aliphatic rings. The summed E-state index contributed by atoms with van der Waals surface area (Å²) in [5.41, 5.74) is 2.23. The first-order valence-electron chi connectivity index (χ1n) is 5.80. The fourth-order valence-electron chi connectivity index (χ4n) is 2.01. The summed E-state index contributed by atoms with van der Waals surface area (Å²) in [5.74, 6) is 0.875. The molecule has 1 aromatic rings. The molecule has 0 radical (unpaired) electrons. The highest BCUT2D eigenvalue weighted by Gasteiger charge is 2.30. The summed E-state index contributed by atoms with van der Waals surface area (Å²) in [4.78, 5) is 8.44. The van der Waals surface area contributed by atoms with Gasteiger partial charge in [0.1, 0.15) is 6.33 Å². The smallest absolute Gasteiger partial charge is 0.115 e. The minimum absolute atomic E-state index is 0.615. The molecule has 1 fully saturated rings. The molecule has 3 heteroatoms. The van der Waals surface area contributed by atoms with Gasteiger partial charge in [-0.05, 0) is 38.3 Å². The van der Waals surface area contributed by atoms with E-state index in [1.807, 2.05) is 6.92 Å². The highest BCUT2D eigenvalue weighted by molar-refractivity contribution is 5.09. The van der Waals surface area contributed by atoms with Crippen molar-refractivity contribution in [2.24, 2.45) is 5.92 Å². The Kier molecular flexibility index (Phi) is 3.31. The molecule has 82 valence electrons. The van der Waals surface area contributed by atoms with Gasteiger partial charge in [-0.25, -0.2) is 9.97 Å². The summed E-state index contributed by atoms with van der Waals surface area (Å²) in [6.07, 6.45) is 5.46. The van der Waals surface area contributed by atoms with Gasteiger partial charge in [-0.2, -0.15) is 0 Å². The van der Waals surface area contributed by atoms with Gasteiger partial charge in [0.05, 0.1) is 0 Å². The van der Waals surface area contributed by atoms with E-state index in [4.69, 9.17) is 0 Å². The molecule has 1 atom stereocenters. The van der Waals surface area contributed by atoms with Crippen molar-refractivity contribution in [3.05, 3.63) is 23.8 Å². The van der Waals surface area contributed by atoms with E-state index < -0.39 is 0 Å². The maximum Gasteiger partial charge on any atom is 0.115 e. The quantitative estimate of drug-likeness (QED) is 0.795. The zero-order valence-corrected chi connectivity index (χ0v) is 9.53. The maximum absolute atomic E-state index is 4.32. The SMILES string of the molecule is CCNC(Cc1cc(C)ncn1)C1CC1.